The third-order valence-electron chi connectivity index (χ3n) is 4.95. The van der Waals surface area contributed by atoms with Crippen molar-refractivity contribution < 1.29 is 18.9 Å². The predicted molar refractivity (Wildman–Crippen MR) is 114 cm³/mol. The molecule has 0 unspecified atom stereocenters. The van der Waals surface area contributed by atoms with Crippen molar-refractivity contribution in [2.24, 2.45) is 10.7 Å². The Bertz CT molecular complexity index is 848. The van der Waals surface area contributed by atoms with E-state index in [0.717, 1.165) is 35.6 Å². The van der Waals surface area contributed by atoms with Gasteiger partial charge in [0, 0.05) is 23.4 Å². The molecule has 0 heterocycles. The van der Waals surface area contributed by atoms with Crippen LogP contribution in [0.25, 0.3) is 0 Å². The molecule has 0 spiro atoms. The third kappa shape index (κ3) is 5.47. The average Bonchev–Trinajstić information content (AvgIpc) is 3.25. The van der Waals surface area contributed by atoms with Gasteiger partial charge in [-0.1, -0.05) is 0 Å². The van der Waals surface area contributed by atoms with E-state index < -0.39 is 0 Å². The molecule has 0 amide bonds. The molecule has 7 nitrogen and oxygen atoms in total. The minimum atomic E-state index is 0.257. The highest BCUT2D eigenvalue weighted by atomic mass is 16.5. The summed E-state index contributed by atoms with van der Waals surface area (Å²) >= 11 is 0. The summed E-state index contributed by atoms with van der Waals surface area (Å²) in [6, 6.07) is 11.3. The zero-order valence-corrected chi connectivity index (χ0v) is 17.2. The van der Waals surface area contributed by atoms with Crippen LogP contribution in [0.4, 0.5) is 5.69 Å². The van der Waals surface area contributed by atoms with Crippen molar-refractivity contribution in [3.05, 3.63) is 42.0 Å². The number of hydrogen-bond donors (Lipinski definition) is 2. The van der Waals surface area contributed by atoms with Crippen LogP contribution in [0, 0.1) is 0 Å². The Labute approximate surface area is 171 Å². The fourth-order valence-electron chi connectivity index (χ4n) is 3.36. The molecule has 2 aromatic rings. The predicted octanol–water partition coefficient (Wildman–Crippen LogP) is 3.96. The van der Waals surface area contributed by atoms with Crippen LogP contribution in [0.5, 0.6) is 23.0 Å². The van der Waals surface area contributed by atoms with E-state index in [1.54, 1.807) is 21.3 Å². The summed E-state index contributed by atoms with van der Waals surface area (Å²) in [5.41, 5.74) is 7.82. The summed E-state index contributed by atoms with van der Waals surface area (Å²) in [7, 11) is 4.84. The van der Waals surface area contributed by atoms with Gasteiger partial charge in [0.15, 0.2) is 17.5 Å². The number of aliphatic imine (C=N–C) groups is 1. The number of guanidine groups is 1. The Morgan fingerprint density at radius 2 is 1.72 bits per heavy atom. The number of nitrogens with one attached hydrogen (secondary N) is 1. The summed E-state index contributed by atoms with van der Waals surface area (Å²) in [6.45, 7) is 0.401. The normalized spacial score (nSPS) is 14.5. The first-order chi connectivity index (χ1) is 14.1. The summed E-state index contributed by atoms with van der Waals surface area (Å²) in [4.78, 5) is 4.47. The van der Waals surface area contributed by atoms with E-state index in [0.29, 0.717) is 24.0 Å². The van der Waals surface area contributed by atoms with Gasteiger partial charge >= 0.3 is 0 Å². The van der Waals surface area contributed by atoms with Gasteiger partial charge in [0.1, 0.15) is 11.5 Å². The van der Waals surface area contributed by atoms with Gasteiger partial charge in [0.2, 0.25) is 0 Å². The monoisotopic (exact) mass is 399 g/mol. The summed E-state index contributed by atoms with van der Waals surface area (Å²) < 4.78 is 22.1. The SMILES string of the molecule is COc1ccc(CN=C(N)Nc2ccc(OC)c(OC)c2)c(OC2CCCC2)c1. The molecule has 0 atom stereocenters. The molecule has 3 N–H and O–H groups in total. The lowest BCUT2D eigenvalue weighted by Gasteiger charge is -2.17. The quantitative estimate of drug-likeness (QED) is 0.516. The van der Waals surface area contributed by atoms with Crippen LogP contribution >= 0.6 is 0 Å². The number of nitrogens with two attached hydrogens (primary N) is 1. The number of methoxy groups -OCH3 is 3. The molecule has 0 saturated heterocycles. The van der Waals surface area contributed by atoms with Gasteiger partial charge < -0.3 is 30.0 Å². The van der Waals surface area contributed by atoms with Crippen LogP contribution in [0.3, 0.4) is 0 Å². The van der Waals surface area contributed by atoms with Crippen LogP contribution in [0.1, 0.15) is 31.2 Å². The molecule has 1 aliphatic carbocycles. The van der Waals surface area contributed by atoms with Gasteiger partial charge in [-0.05, 0) is 49.9 Å². The van der Waals surface area contributed by atoms with Gasteiger partial charge in [0.05, 0.1) is 34.0 Å². The van der Waals surface area contributed by atoms with Crippen molar-refractivity contribution >= 4 is 11.6 Å². The lowest BCUT2D eigenvalue weighted by atomic mass is 10.2. The number of ether oxygens (including phenoxy) is 4. The Balaban J connectivity index is 1.71. The smallest absolute Gasteiger partial charge is 0.193 e. The number of hydrogen-bond acceptors (Lipinski definition) is 5. The highest BCUT2D eigenvalue weighted by molar-refractivity contribution is 5.92. The van der Waals surface area contributed by atoms with Gasteiger partial charge in [-0.25, -0.2) is 4.99 Å². The van der Waals surface area contributed by atoms with Crippen LogP contribution < -0.4 is 30.0 Å². The number of nitrogens with zero attached hydrogens (tertiary/aromatic N) is 1. The molecule has 0 bridgehead atoms. The van der Waals surface area contributed by atoms with E-state index in [1.165, 1.54) is 12.8 Å². The second-order valence-electron chi connectivity index (χ2n) is 6.89. The number of benzene rings is 2. The van der Waals surface area contributed by atoms with E-state index in [9.17, 15) is 0 Å². The first-order valence-corrected chi connectivity index (χ1v) is 9.75. The average molecular weight is 399 g/mol. The molecule has 3 rings (SSSR count). The highest BCUT2D eigenvalue weighted by Crippen LogP contribution is 2.31. The Morgan fingerprint density at radius 3 is 2.41 bits per heavy atom. The Kier molecular flexibility index (Phi) is 7.05. The minimum Gasteiger partial charge on any atom is -0.497 e. The van der Waals surface area contributed by atoms with Crippen LogP contribution in [-0.4, -0.2) is 33.4 Å². The standard InChI is InChI=1S/C22H29N3O4/c1-26-18-10-8-15(20(13-18)29-17-6-4-5-7-17)14-24-22(23)25-16-9-11-19(27-2)21(12-16)28-3/h8-13,17H,4-7,14H2,1-3H3,(H3,23,24,25). The molecule has 0 aromatic heterocycles. The maximum Gasteiger partial charge on any atom is 0.193 e. The van der Waals surface area contributed by atoms with E-state index in [-0.39, 0.29) is 6.10 Å². The molecule has 1 fully saturated rings. The van der Waals surface area contributed by atoms with E-state index in [2.05, 4.69) is 10.3 Å². The molecule has 2 aromatic carbocycles. The zero-order valence-electron chi connectivity index (χ0n) is 17.2. The second kappa shape index (κ2) is 9.91. The van der Waals surface area contributed by atoms with Crippen LogP contribution in [0.2, 0.25) is 0 Å². The molecule has 156 valence electrons. The molecule has 0 radical (unpaired) electrons. The second-order valence-corrected chi connectivity index (χ2v) is 6.89. The maximum absolute atomic E-state index is 6.21. The summed E-state index contributed by atoms with van der Waals surface area (Å²) in [5, 5.41) is 3.08. The van der Waals surface area contributed by atoms with Gasteiger partial charge in [-0.2, -0.15) is 0 Å². The lowest BCUT2D eigenvalue weighted by Crippen LogP contribution is -2.22. The summed E-state index contributed by atoms with van der Waals surface area (Å²) in [5.74, 6) is 3.15. The van der Waals surface area contributed by atoms with Crippen molar-refractivity contribution in [1.82, 2.24) is 0 Å². The van der Waals surface area contributed by atoms with E-state index in [1.807, 2.05) is 36.4 Å². The first kappa shape index (κ1) is 20.6. The Morgan fingerprint density at radius 1 is 0.966 bits per heavy atom. The minimum absolute atomic E-state index is 0.257. The fraction of sp³-hybridized carbons (Fsp3) is 0.409. The van der Waals surface area contributed by atoms with E-state index >= 15 is 0 Å². The molecular weight excluding hydrogens is 370 g/mol. The number of anilines is 1. The van der Waals surface area contributed by atoms with E-state index in [4.69, 9.17) is 24.7 Å². The molecule has 1 saturated carbocycles. The van der Waals surface area contributed by atoms with Crippen molar-refractivity contribution in [1.29, 1.82) is 0 Å². The largest absolute Gasteiger partial charge is 0.497 e. The third-order valence-corrected chi connectivity index (χ3v) is 4.95. The van der Waals surface area contributed by atoms with Crippen molar-refractivity contribution in [2.75, 3.05) is 26.6 Å². The van der Waals surface area contributed by atoms with Gasteiger partial charge in [0.25, 0.3) is 0 Å². The van der Waals surface area contributed by atoms with Crippen molar-refractivity contribution in [3.8, 4) is 23.0 Å². The van der Waals surface area contributed by atoms with Crippen molar-refractivity contribution in [3.63, 3.8) is 0 Å². The van der Waals surface area contributed by atoms with Crippen LogP contribution in [0.15, 0.2) is 41.4 Å². The molecule has 7 heteroatoms. The van der Waals surface area contributed by atoms with Crippen molar-refractivity contribution in [2.45, 2.75) is 38.3 Å². The Hall–Kier alpha value is -3.09. The molecule has 1 aliphatic rings. The number of rotatable bonds is 8. The van der Waals surface area contributed by atoms with Gasteiger partial charge in [-0.15, -0.1) is 0 Å². The zero-order chi connectivity index (χ0) is 20.6. The molecular formula is C22H29N3O4. The highest BCUT2D eigenvalue weighted by Gasteiger charge is 2.18. The van der Waals surface area contributed by atoms with Gasteiger partial charge in [-0.3, -0.25) is 0 Å². The summed E-state index contributed by atoms with van der Waals surface area (Å²) in [6.07, 6.45) is 4.85. The first-order valence-electron chi connectivity index (χ1n) is 9.75. The molecule has 0 aliphatic heterocycles. The fourth-order valence-corrected chi connectivity index (χ4v) is 3.36. The topological polar surface area (TPSA) is 87.3 Å². The lowest BCUT2D eigenvalue weighted by molar-refractivity contribution is 0.207. The molecule has 29 heavy (non-hydrogen) atoms. The maximum atomic E-state index is 6.21. The van der Waals surface area contributed by atoms with Crippen LogP contribution in [-0.2, 0) is 6.54 Å².